The maximum absolute atomic E-state index is 13.1. The summed E-state index contributed by atoms with van der Waals surface area (Å²) in [4.78, 5) is 72.7. The Morgan fingerprint density at radius 1 is 0.312 bits per heavy atom. The zero-order chi connectivity index (χ0) is 68.7. The molecule has 3 unspecified atom stereocenters. The lowest BCUT2D eigenvalue weighted by atomic mass is 9.99. The van der Waals surface area contributed by atoms with Gasteiger partial charge in [0.05, 0.1) is 26.4 Å². The lowest BCUT2D eigenvalue weighted by Crippen LogP contribution is -2.30. The molecule has 0 spiro atoms. The Morgan fingerprint density at radius 3 is 0.817 bits per heavy atom. The first kappa shape index (κ1) is 91.1. The molecule has 0 saturated carbocycles. The van der Waals surface area contributed by atoms with E-state index in [2.05, 4.69) is 48.5 Å². The molecule has 0 radical (unpaired) electrons. The van der Waals surface area contributed by atoms with Crippen molar-refractivity contribution in [2.45, 2.75) is 394 Å². The van der Waals surface area contributed by atoms with E-state index in [4.69, 9.17) is 37.0 Å². The van der Waals surface area contributed by atoms with Crippen molar-refractivity contribution in [2.75, 3.05) is 39.6 Å². The molecule has 0 fully saturated rings. The molecule has 17 nitrogen and oxygen atoms in total. The predicted molar refractivity (Wildman–Crippen MR) is 377 cm³/mol. The molecular formula is C74H144O17P2. The van der Waals surface area contributed by atoms with Crippen LogP contribution in [-0.2, 0) is 65.4 Å². The number of rotatable bonds is 72. The quantitative estimate of drug-likeness (QED) is 0.0222. The number of phosphoric ester groups is 2. The SMILES string of the molecule is CCCCCCCCCCCCCCC(=O)O[C@H](COC(=O)CCCCCCCCC(C)C)COP(=O)(O)OC[C@H](O)COP(=O)(O)OC[C@@H](COC(=O)CCCCCCCCCCCCC(C)CC)OC(=O)CCCCCCCCCCCCCCCCCC(C)C. The minimum absolute atomic E-state index is 0.106. The van der Waals surface area contributed by atoms with Crippen molar-refractivity contribution >= 4 is 39.5 Å². The molecule has 0 aromatic heterocycles. The minimum Gasteiger partial charge on any atom is -0.462 e. The monoisotopic (exact) mass is 1370 g/mol. The molecule has 0 aliphatic carbocycles. The summed E-state index contributed by atoms with van der Waals surface area (Å²) in [6.07, 6.45) is 50.0. The summed E-state index contributed by atoms with van der Waals surface area (Å²) < 4.78 is 68.4. The summed E-state index contributed by atoms with van der Waals surface area (Å²) >= 11 is 0. The van der Waals surface area contributed by atoms with Crippen LogP contribution < -0.4 is 0 Å². The Labute approximate surface area is 568 Å². The van der Waals surface area contributed by atoms with Gasteiger partial charge in [0, 0.05) is 25.7 Å². The fourth-order valence-corrected chi connectivity index (χ4v) is 12.8. The molecule has 0 heterocycles. The molecular weight excluding hydrogens is 1220 g/mol. The molecule has 0 amide bonds. The van der Waals surface area contributed by atoms with Crippen LogP contribution in [0.4, 0.5) is 0 Å². The van der Waals surface area contributed by atoms with E-state index in [0.29, 0.717) is 31.6 Å². The number of aliphatic hydroxyl groups excluding tert-OH is 1. The van der Waals surface area contributed by atoms with Crippen molar-refractivity contribution in [1.82, 2.24) is 0 Å². The molecule has 0 aromatic carbocycles. The summed E-state index contributed by atoms with van der Waals surface area (Å²) in [5.41, 5.74) is 0. The first-order chi connectivity index (χ1) is 44.8. The van der Waals surface area contributed by atoms with Crippen molar-refractivity contribution in [2.24, 2.45) is 17.8 Å². The summed E-state index contributed by atoms with van der Waals surface area (Å²) in [5, 5.41) is 10.6. The highest BCUT2D eigenvalue weighted by molar-refractivity contribution is 7.47. The number of phosphoric acid groups is 2. The Balaban J connectivity index is 5.24. The smallest absolute Gasteiger partial charge is 0.462 e. The number of carbonyl (C=O) groups is 4. The van der Waals surface area contributed by atoms with Crippen LogP contribution in [-0.4, -0.2) is 96.7 Å². The molecule has 0 bridgehead atoms. The standard InChI is InChI=1S/C74H144O17P2/c1-8-10-11-12-13-14-15-22-29-34-43-50-57-73(78)91-70(62-85-72(77)56-49-42-37-36-39-46-53-66(5)6)64-89-93(82,83)87-60-68(75)59-86-92(80,81)88-63-69(61-84-71(76)55-48-41-33-28-25-24-27-32-40-47-54-67(7)9-2)90-74(79)58-51-44-35-30-23-20-18-16-17-19-21-26-31-38-45-52-65(3)4/h65-70,75H,8-64H2,1-7H3,(H,80,81)(H,82,83)/t67?,68-,69-,70-/m1/s1. The molecule has 552 valence electrons. The summed E-state index contributed by atoms with van der Waals surface area (Å²) in [6.45, 7) is 11.9. The minimum atomic E-state index is -4.96. The normalized spacial score (nSPS) is 14.4. The lowest BCUT2D eigenvalue weighted by Gasteiger charge is -2.21. The van der Waals surface area contributed by atoms with Gasteiger partial charge in [-0.25, -0.2) is 9.13 Å². The molecule has 0 aliphatic rings. The van der Waals surface area contributed by atoms with Crippen molar-refractivity contribution in [3.63, 3.8) is 0 Å². The third-order valence-corrected chi connectivity index (χ3v) is 19.4. The molecule has 93 heavy (non-hydrogen) atoms. The van der Waals surface area contributed by atoms with E-state index in [-0.39, 0.29) is 25.7 Å². The van der Waals surface area contributed by atoms with Gasteiger partial charge in [0.2, 0.25) is 0 Å². The average molecular weight is 1370 g/mol. The highest BCUT2D eigenvalue weighted by Crippen LogP contribution is 2.45. The fraction of sp³-hybridized carbons (Fsp3) is 0.946. The Hall–Kier alpha value is -1.94. The van der Waals surface area contributed by atoms with Gasteiger partial charge in [0.25, 0.3) is 0 Å². The van der Waals surface area contributed by atoms with Gasteiger partial charge in [-0.3, -0.25) is 37.3 Å². The van der Waals surface area contributed by atoms with Crippen LogP contribution in [0.5, 0.6) is 0 Å². The molecule has 0 aliphatic heterocycles. The molecule has 0 rings (SSSR count). The lowest BCUT2D eigenvalue weighted by molar-refractivity contribution is -0.161. The van der Waals surface area contributed by atoms with Gasteiger partial charge >= 0.3 is 39.5 Å². The Bertz CT molecular complexity index is 1820. The molecule has 0 saturated heterocycles. The first-order valence-corrected chi connectivity index (χ1v) is 41.4. The maximum atomic E-state index is 13.1. The predicted octanol–water partition coefficient (Wildman–Crippen LogP) is 21.4. The second-order valence-electron chi connectivity index (χ2n) is 27.9. The van der Waals surface area contributed by atoms with E-state index in [1.807, 2.05) is 0 Å². The number of aliphatic hydroxyl groups is 1. The zero-order valence-corrected chi connectivity index (χ0v) is 62.5. The van der Waals surface area contributed by atoms with E-state index in [1.165, 1.54) is 180 Å². The van der Waals surface area contributed by atoms with Crippen LogP contribution in [0.25, 0.3) is 0 Å². The molecule has 6 atom stereocenters. The number of hydrogen-bond acceptors (Lipinski definition) is 15. The summed E-state index contributed by atoms with van der Waals surface area (Å²) in [6, 6.07) is 0. The van der Waals surface area contributed by atoms with Gasteiger partial charge in [-0.2, -0.15) is 0 Å². The van der Waals surface area contributed by atoms with E-state index in [1.54, 1.807) is 0 Å². The number of esters is 4. The van der Waals surface area contributed by atoms with Crippen LogP contribution in [0, 0.1) is 17.8 Å². The van der Waals surface area contributed by atoms with E-state index < -0.39 is 97.5 Å². The number of hydrogen-bond donors (Lipinski definition) is 3. The molecule has 19 heteroatoms. The van der Waals surface area contributed by atoms with Gasteiger partial charge in [-0.15, -0.1) is 0 Å². The van der Waals surface area contributed by atoms with Crippen molar-refractivity contribution in [3.8, 4) is 0 Å². The van der Waals surface area contributed by atoms with Gasteiger partial charge in [-0.05, 0) is 43.4 Å². The molecule has 3 N–H and O–H groups in total. The topological polar surface area (TPSA) is 237 Å². The number of ether oxygens (including phenoxy) is 4. The van der Waals surface area contributed by atoms with E-state index in [9.17, 15) is 43.2 Å². The van der Waals surface area contributed by atoms with Crippen molar-refractivity contribution in [3.05, 3.63) is 0 Å². The summed E-state index contributed by atoms with van der Waals surface area (Å²) in [5.74, 6) is 0.170. The number of carbonyl (C=O) groups excluding carboxylic acids is 4. The third-order valence-electron chi connectivity index (χ3n) is 17.5. The van der Waals surface area contributed by atoms with E-state index >= 15 is 0 Å². The Kier molecular flexibility index (Phi) is 63.4. The highest BCUT2D eigenvalue weighted by Gasteiger charge is 2.30. The fourth-order valence-electron chi connectivity index (χ4n) is 11.2. The molecule has 0 aromatic rings. The van der Waals surface area contributed by atoms with Crippen molar-refractivity contribution in [1.29, 1.82) is 0 Å². The Morgan fingerprint density at radius 2 is 0.548 bits per heavy atom. The van der Waals surface area contributed by atoms with Gasteiger partial charge in [0.1, 0.15) is 19.3 Å². The summed E-state index contributed by atoms with van der Waals surface area (Å²) in [7, 11) is -9.91. The van der Waals surface area contributed by atoms with Crippen LogP contribution >= 0.6 is 15.6 Å². The van der Waals surface area contributed by atoms with Crippen LogP contribution in [0.1, 0.15) is 376 Å². The number of unbranched alkanes of at least 4 members (excludes halogenated alkanes) is 39. The second kappa shape index (κ2) is 64.7. The highest BCUT2D eigenvalue weighted by atomic mass is 31.2. The van der Waals surface area contributed by atoms with Gasteiger partial charge in [-0.1, -0.05) is 325 Å². The maximum Gasteiger partial charge on any atom is 0.472 e. The second-order valence-corrected chi connectivity index (χ2v) is 30.8. The van der Waals surface area contributed by atoms with Gasteiger partial charge in [0.15, 0.2) is 12.2 Å². The van der Waals surface area contributed by atoms with Crippen molar-refractivity contribution < 1.29 is 80.2 Å². The van der Waals surface area contributed by atoms with E-state index in [0.717, 1.165) is 108 Å². The zero-order valence-electron chi connectivity index (χ0n) is 60.7. The van der Waals surface area contributed by atoms with Crippen LogP contribution in [0.15, 0.2) is 0 Å². The van der Waals surface area contributed by atoms with Gasteiger partial charge < -0.3 is 33.8 Å². The largest absolute Gasteiger partial charge is 0.472 e. The average Bonchev–Trinajstić information content (AvgIpc) is 2.13. The third kappa shape index (κ3) is 67.0. The first-order valence-electron chi connectivity index (χ1n) is 38.4. The van der Waals surface area contributed by atoms with Crippen LogP contribution in [0.3, 0.4) is 0 Å². The van der Waals surface area contributed by atoms with Crippen LogP contribution in [0.2, 0.25) is 0 Å².